The Labute approximate surface area is 315 Å². The van der Waals surface area contributed by atoms with Crippen LogP contribution >= 0.6 is 0 Å². The van der Waals surface area contributed by atoms with E-state index in [2.05, 4.69) is 198 Å². The van der Waals surface area contributed by atoms with Gasteiger partial charge in [-0.25, -0.2) is 0 Å². The highest BCUT2D eigenvalue weighted by molar-refractivity contribution is 6.15. The molecule has 1 aliphatic carbocycles. The van der Waals surface area contributed by atoms with Gasteiger partial charge >= 0.3 is 0 Å². The molecule has 3 nitrogen and oxygen atoms in total. The average molecular weight is 694 g/mol. The van der Waals surface area contributed by atoms with Gasteiger partial charge in [0.15, 0.2) is 0 Å². The van der Waals surface area contributed by atoms with E-state index in [1.165, 1.54) is 82.5 Å². The van der Waals surface area contributed by atoms with Gasteiger partial charge in [-0.3, -0.25) is 0 Å². The number of nitrogens with zero attached hydrogens (tertiary/aromatic N) is 3. The molecule has 0 saturated carbocycles. The molecular weight excluding hydrogens is 655 g/mol. The van der Waals surface area contributed by atoms with Gasteiger partial charge in [-0.15, -0.1) is 0 Å². The number of fused-ring (bicyclic) bond motifs is 10. The highest BCUT2D eigenvalue weighted by Crippen LogP contribution is 2.49. The molecule has 6 aromatic carbocycles. The molecule has 0 fully saturated rings. The third-order valence-corrected chi connectivity index (χ3v) is 11.2. The Morgan fingerprint density at radius 1 is 0.593 bits per heavy atom. The minimum atomic E-state index is 0.382. The van der Waals surface area contributed by atoms with E-state index in [0.717, 1.165) is 17.8 Å². The van der Waals surface area contributed by atoms with Crippen LogP contribution in [0.2, 0.25) is 0 Å². The first-order valence-electron chi connectivity index (χ1n) is 18.7. The minimum absolute atomic E-state index is 0.382. The van der Waals surface area contributed by atoms with Crippen molar-refractivity contribution in [2.24, 2.45) is 0 Å². The Kier molecular flexibility index (Phi) is 7.48. The summed E-state index contributed by atoms with van der Waals surface area (Å²) >= 11 is 0. The lowest BCUT2D eigenvalue weighted by Crippen LogP contribution is -2.05. The van der Waals surface area contributed by atoms with Crippen LogP contribution in [-0.4, -0.2) is 13.7 Å². The van der Waals surface area contributed by atoms with Crippen molar-refractivity contribution in [3.8, 4) is 11.4 Å². The smallest absolute Gasteiger partial charge is 0.0633 e. The van der Waals surface area contributed by atoms with Gasteiger partial charge in [0.1, 0.15) is 0 Å². The summed E-state index contributed by atoms with van der Waals surface area (Å²) < 4.78 is 7.39. The topological polar surface area (TPSA) is 14.8 Å². The third-order valence-electron chi connectivity index (χ3n) is 11.2. The zero-order valence-electron chi connectivity index (χ0n) is 30.3. The first kappa shape index (κ1) is 31.9. The molecule has 0 amide bonds. The van der Waals surface area contributed by atoms with Crippen LogP contribution in [0.4, 0.5) is 0 Å². The third kappa shape index (κ3) is 4.82. The molecule has 11 rings (SSSR count). The molecule has 1 unspecified atom stereocenters. The fraction of sp³-hybridized carbons (Fsp3) is 0.0588. The Morgan fingerprint density at radius 3 is 2.19 bits per heavy atom. The van der Waals surface area contributed by atoms with Crippen molar-refractivity contribution in [2.75, 3.05) is 0 Å². The minimum Gasteiger partial charge on any atom is -0.332 e. The number of allylic oxidation sites excluding steroid dienone is 6. The lowest BCUT2D eigenvalue weighted by molar-refractivity contribution is 0.684. The van der Waals surface area contributed by atoms with Crippen LogP contribution in [0.5, 0.6) is 0 Å². The predicted molar refractivity (Wildman–Crippen MR) is 232 cm³/mol. The second-order valence-corrected chi connectivity index (χ2v) is 14.3. The molecule has 0 spiro atoms. The number of aromatic nitrogens is 3. The molecule has 0 bridgehead atoms. The second kappa shape index (κ2) is 12.7. The highest BCUT2D eigenvalue weighted by Gasteiger charge is 2.31. The van der Waals surface area contributed by atoms with E-state index in [0.29, 0.717) is 6.04 Å². The summed E-state index contributed by atoms with van der Waals surface area (Å²) in [6, 6.07) is 49.4. The molecule has 3 aromatic heterocycles. The van der Waals surface area contributed by atoms with Crippen molar-refractivity contribution in [3.63, 3.8) is 0 Å². The number of para-hydroxylation sites is 4. The van der Waals surface area contributed by atoms with Crippen molar-refractivity contribution in [1.82, 2.24) is 13.7 Å². The van der Waals surface area contributed by atoms with Crippen molar-refractivity contribution >= 4 is 72.2 Å². The lowest BCUT2D eigenvalue weighted by atomic mass is 9.93. The molecule has 1 aliphatic heterocycles. The van der Waals surface area contributed by atoms with Crippen LogP contribution in [0.25, 0.3) is 83.6 Å². The highest BCUT2D eigenvalue weighted by atomic mass is 15.0. The summed E-state index contributed by atoms with van der Waals surface area (Å²) in [5, 5.41) is 6.42. The van der Waals surface area contributed by atoms with E-state index >= 15 is 0 Å². The number of hydrogen-bond donors (Lipinski definition) is 0. The van der Waals surface area contributed by atoms with Crippen molar-refractivity contribution in [3.05, 3.63) is 199 Å². The fourth-order valence-corrected chi connectivity index (χ4v) is 8.85. The van der Waals surface area contributed by atoms with E-state index in [4.69, 9.17) is 0 Å². The van der Waals surface area contributed by atoms with E-state index in [1.54, 1.807) is 12.2 Å². The van der Waals surface area contributed by atoms with E-state index in [9.17, 15) is 0 Å². The standard InChI is InChI=1S/C47H33N3.C4H6/c1-30-26-46-40(39-18-11-17-38-36-15-6-10-21-44(36)50(46)47(38)39)28-31(30)22-23-34-27-32-12-5-8-19-42(32)48(34)35-24-25-45-41(29-35)37-16-7-9-20-43(37)49(45)33-13-3-2-4-14-33;1-3-4-2/h2-20,22-29,44H,21H2,1H3;3-4H,1-2H2/b23-22-;. The van der Waals surface area contributed by atoms with Gasteiger partial charge in [0.2, 0.25) is 0 Å². The Morgan fingerprint density at radius 2 is 1.33 bits per heavy atom. The number of hydrogen-bond acceptors (Lipinski definition) is 0. The van der Waals surface area contributed by atoms with Gasteiger partial charge in [-0.1, -0.05) is 122 Å². The maximum atomic E-state index is 3.36. The van der Waals surface area contributed by atoms with Crippen LogP contribution in [-0.2, 0) is 0 Å². The van der Waals surface area contributed by atoms with E-state index in [1.807, 2.05) is 0 Å². The van der Waals surface area contributed by atoms with Crippen molar-refractivity contribution < 1.29 is 0 Å². The summed E-state index contributed by atoms with van der Waals surface area (Å²) in [5.74, 6) is 0. The first-order valence-corrected chi connectivity index (χ1v) is 18.7. The number of rotatable bonds is 5. The average Bonchev–Trinajstić information content (AvgIpc) is 3.96. The summed E-state index contributed by atoms with van der Waals surface area (Å²) in [6.07, 6.45) is 15.8. The molecule has 2 aliphatic rings. The quantitative estimate of drug-likeness (QED) is 0.159. The van der Waals surface area contributed by atoms with Gasteiger partial charge in [0, 0.05) is 49.6 Å². The van der Waals surface area contributed by atoms with Gasteiger partial charge in [0.05, 0.1) is 33.6 Å². The van der Waals surface area contributed by atoms with Crippen LogP contribution in [0.3, 0.4) is 0 Å². The molecule has 3 heteroatoms. The molecule has 1 atom stereocenters. The molecule has 54 heavy (non-hydrogen) atoms. The van der Waals surface area contributed by atoms with Crippen LogP contribution in [0, 0.1) is 6.92 Å². The predicted octanol–water partition coefficient (Wildman–Crippen LogP) is 13.6. The van der Waals surface area contributed by atoms with Crippen molar-refractivity contribution in [1.29, 1.82) is 0 Å². The number of aryl methyl sites for hydroxylation is 1. The van der Waals surface area contributed by atoms with Gasteiger partial charge in [-0.05, 0) is 96.8 Å². The second-order valence-electron chi connectivity index (χ2n) is 14.3. The lowest BCUT2D eigenvalue weighted by Gasteiger charge is -2.18. The fourth-order valence-electron chi connectivity index (χ4n) is 8.85. The van der Waals surface area contributed by atoms with Gasteiger partial charge in [-0.2, -0.15) is 0 Å². The molecule has 9 aromatic rings. The molecule has 258 valence electrons. The maximum absolute atomic E-state index is 3.36. The maximum Gasteiger partial charge on any atom is 0.0633 e. The molecule has 0 N–H and O–H groups in total. The van der Waals surface area contributed by atoms with Gasteiger partial charge in [0.25, 0.3) is 0 Å². The van der Waals surface area contributed by atoms with Crippen molar-refractivity contribution in [2.45, 2.75) is 19.4 Å². The Bertz CT molecular complexity index is 3060. The summed E-state index contributed by atoms with van der Waals surface area (Å²) in [6.45, 7) is 8.98. The van der Waals surface area contributed by atoms with Crippen LogP contribution < -0.4 is 0 Å². The Hall–Kier alpha value is -6.84. The van der Waals surface area contributed by atoms with E-state index < -0.39 is 0 Å². The summed E-state index contributed by atoms with van der Waals surface area (Å²) in [5.41, 5.74) is 15.2. The van der Waals surface area contributed by atoms with E-state index in [-0.39, 0.29) is 0 Å². The number of benzene rings is 6. The molecular formula is C51H39N3. The summed E-state index contributed by atoms with van der Waals surface area (Å²) in [7, 11) is 0. The molecule has 4 heterocycles. The normalized spacial score (nSPS) is 14.6. The molecule has 0 radical (unpaired) electrons. The monoisotopic (exact) mass is 693 g/mol. The first-order chi connectivity index (χ1) is 26.6. The largest absolute Gasteiger partial charge is 0.332 e. The summed E-state index contributed by atoms with van der Waals surface area (Å²) in [4.78, 5) is 0. The Balaban J connectivity index is 0.000000863. The zero-order valence-corrected chi connectivity index (χ0v) is 30.3. The van der Waals surface area contributed by atoms with Crippen LogP contribution in [0.1, 0.15) is 34.8 Å². The zero-order chi connectivity index (χ0) is 36.3. The van der Waals surface area contributed by atoms with Crippen LogP contribution in [0.15, 0.2) is 177 Å². The van der Waals surface area contributed by atoms with Gasteiger partial charge < -0.3 is 13.7 Å². The molecule has 0 saturated heterocycles. The SMILES string of the molecule is C=CC=C.Cc1cc2c(cc1/C=C\c1cc3ccccc3n1-c1ccc3c(c1)c1ccccc1n3-c1ccccc1)c1cccc3c1n2C1CC=CC=C31.